The summed E-state index contributed by atoms with van der Waals surface area (Å²) in [5.74, 6) is -1.28. The van der Waals surface area contributed by atoms with E-state index in [0.29, 0.717) is 11.0 Å². The van der Waals surface area contributed by atoms with E-state index in [1.807, 2.05) is 0 Å². The number of hydrogen-bond acceptors (Lipinski definition) is 7. The van der Waals surface area contributed by atoms with E-state index in [0.717, 1.165) is 50.2 Å². The molecule has 7 N–H and O–H groups in total. The van der Waals surface area contributed by atoms with Gasteiger partial charge in [-0.15, -0.1) is 0 Å². The van der Waals surface area contributed by atoms with Crippen LogP contribution in [0.15, 0.2) is 54.6 Å². The van der Waals surface area contributed by atoms with Gasteiger partial charge in [-0.3, -0.25) is 0 Å². The number of carbonyl (C=O) groups excluding carboxylic acids is 1. The third-order valence-electron chi connectivity index (χ3n) is 10.7. The topological polar surface area (TPSA) is 137 Å². The van der Waals surface area contributed by atoms with E-state index < -0.39 is 35.5 Å². The monoisotopic (exact) mass is 810 g/mol. The van der Waals surface area contributed by atoms with Gasteiger partial charge in [0.05, 0.1) is 12.1 Å². The first kappa shape index (κ1) is 49.0. The van der Waals surface area contributed by atoms with Crippen LogP contribution in [-0.4, -0.2) is 58.9 Å². The van der Waals surface area contributed by atoms with Gasteiger partial charge in [-0.2, -0.15) is 0 Å². The number of aryl methyl sites for hydroxylation is 2. The van der Waals surface area contributed by atoms with E-state index in [4.69, 9.17) is 10.5 Å². The molecule has 6 atom stereocenters. The van der Waals surface area contributed by atoms with Gasteiger partial charge in [0.2, 0.25) is 0 Å². The standard InChI is InChI=1S/C31H44F2N2O4.C16H25NO.CH4/c1-30(2,3)16-19-7-8-21-9-10-22(18-36)28(25(21)13-19)34-17-27(37)26(35-29(38)39-31(4,5)6)14-20-11-23(32)15-24(33)12-20;1-16(2,3)9-11-4-5-12-6-7-13(10-18)15(17)14(12)8-11;/h7-8,11-13,15,22,26-28,34,36-37H,9-10,14,16-18H2,1-6H3,(H,35,38);4-5,8,13,15,18H,6-7,9-10,17H2,1-3H3;1H4/t22?,26-,27+,28-;13?,15-;/m00./s1. The van der Waals surface area contributed by atoms with Crippen molar-refractivity contribution in [1.82, 2.24) is 10.6 Å². The van der Waals surface area contributed by atoms with Gasteiger partial charge in [-0.1, -0.05) is 85.4 Å². The van der Waals surface area contributed by atoms with Gasteiger partial charge in [-0.05, 0) is 128 Å². The summed E-state index contributed by atoms with van der Waals surface area (Å²) >= 11 is 0. The van der Waals surface area contributed by atoms with Crippen LogP contribution in [0.4, 0.5) is 13.6 Å². The number of aliphatic hydroxyl groups excluding tert-OH is 3. The number of hydrogen-bond donors (Lipinski definition) is 6. The summed E-state index contributed by atoms with van der Waals surface area (Å²) in [5.41, 5.74) is 13.7. The zero-order valence-electron chi connectivity index (χ0n) is 35.7. The van der Waals surface area contributed by atoms with Crippen molar-refractivity contribution >= 4 is 6.09 Å². The van der Waals surface area contributed by atoms with Gasteiger partial charge in [0.25, 0.3) is 0 Å². The van der Waals surface area contributed by atoms with Crippen LogP contribution >= 0.6 is 0 Å². The second kappa shape index (κ2) is 20.7. The summed E-state index contributed by atoms with van der Waals surface area (Å²) in [4.78, 5) is 12.6. The van der Waals surface area contributed by atoms with E-state index >= 15 is 0 Å². The van der Waals surface area contributed by atoms with Crippen molar-refractivity contribution in [2.24, 2.45) is 28.4 Å². The molecule has 10 heteroatoms. The molecule has 0 spiro atoms. The molecule has 2 aliphatic carbocycles. The predicted molar refractivity (Wildman–Crippen MR) is 231 cm³/mol. The molecule has 0 aliphatic heterocycles. The maximum Gasteiger partial charge on any atom is 0.407 e. The maximum atomic E-state index is 13.9. The molecule has 3 aromatic carbocycles. The molecular formula is C48H73F2N3O5. The SMILES string of the molecule is C.CC(C)(C)Cc1ccc2c(c1)[C@@H](N)C(CO)CC2.CC(C)(C)Cc1ccc2c(c1)[C@@H](NC[C@@H](O)[C@H](Cc1cc(F)cc(F)c1)NC(=O)OC(C)(C)C)C(CO)CC2. The number of rotatable bonds is 11. The Morgan fingerprint density at radius 3 is 1.78 bits per heavy atom. The van der Waals surface area contributed by atoms with Crippen LogP contribution in [0.3, 0.4) is 0 Å². The summed E-state index contributed by atoms with van der Waals surface area (Å²) in [6.45, 7) is 18.8. The Hall–Kier alpha value is -3.41. The summed E-state index contributed by atoms with van der Waals surface area (Å²) in [6.07, 6.45) is 3.86. The van der Waals surface area contributed by atoms with Crippen LogP contribution in [0.5, 0.6) is 0 Å². The number of carbonyl (C=O) groups is 1. The zero-order chi connectivity index (χ0) is 42.3. The van der Waals surface area contributed by atoms with Crippen LogP contribution in [0.1, 0.15) is 134 Å². The minimum atomic E-state index is -1.11. The third-order valence-corrected chi connectivity index (χ3v) is 10.7. The first-order chi connectivity index (χ1) is 26.5. The van der Waals surface area contributed by atoms with Crippen molar-refractivity contribution in [3.63, 3.8) is 0 Å². The lowest BCUT2D eigenvalue weighted by molar-refractivity contribution is 0.0414. The molecule has 0 heterocycles. The Morgan fingerprint density at radius 1 is 0.776 bits per heavy atom. The molecule has 5 rings (SSSR count). The van der Waals surface area contributed by atoms with Gasteiger partial charge < -0.3 is 36.4 Å². The third kappa shape index (κ3) is 15.0. The highest BCUT2D eigenvalue weighted by molar-refractivity contribution is 5.68. The van der Waals surface area contributed by atoms with Crippen LogP contribution in [0, 0.1) is 34.3 Å². The normalized spacial score (nSPS) is 20.3. The van der Waals surface area contributed by atoms with E-state index in [-0.39, 0.29) is 62.9 Å². The molecule has 324 valence electrons. The Balaban J connectivity index is 0.000000395. The summed E-state index contributed by atoms with van der Waals surface area (Å²) < 4.78 is 33.1. The maximum absolute atomic E-state index is 13.9. The van der Waals surface area contributed by atoms with Crippen LogP contribution in [0.2, 0.25) is 0 Å². The second-order valence-corrected chi connectivity index (χ2v) is 19.7. The van der Waals surface area contributed by atoms with E-state index in [1.165, 1.54) is 39.9 Å². The Kier molecular flexibility index (Phi) is 17.5. The average Bonchev–Trinajstić information content (AvgIpc) is 3.08. The number of ether oxygens (including phenoxy) is 1. The van der Waals surface area contributed by atoms with Gasteiger partial charge >= 0.3 is 6.09 Å². The highest BCUT2D eigenvalue weighted by atomic mass is 19.1. The molecule has 3 aromatic rings. The zero-order valence-corrected chi connectivity index (χ0v) is 35.7. The van der Waals surface area contributed by atoms with Gasteiger partial charge in [-0.25, -0.2) is 13.6 Å². The average molecular weight is 810 g/mol. The summed E-state index contributed by atoms with van der Waals surface area (Å²) in [7, 11) is 0. The lowest BCUT2D eigenvalue weighted by atomic mass is 9.78. The largest absolute Gasteiger partial charge is 0.444 e. The molecule has 0 bridgehead atoms. The van der Waals surface area contributed by atoms with E-state index in [9.17, 15) is 28.9 Å². The predicted octanol–water partition coefficient (Wildman–Crippen LogP) is 8.70. The molecule has 0 radical (unpaired) electrons. The number of alkyl carbamates (subject to hydrolysis) is 1. The minimum Gasteiger partial charge on any atom is -0.444 e. The molecule has 58 heavy (non-hydrogen) atoms. The summed E-state index contributed by atoms with van der Waals surface area (Å²) in [6, 6.07) is 15.3. The number of halogens is 2. The first-order valence-corrected chi connectivity index (χ1v) is 20.6. The number of nitrogens with two attached hydrogens (primary N) is 1. The van der Waals surface area contributed by atoms with Crippen LogP contribution in [-0.2, 0) is 36.8 Å². The fourth-order valence-corrected chi connectivity index (χ4v) is 8.12. The van der Waals surface area contributed by atoms with E-state index in [1.54, 1.807) is 20.8 Å². The quantitative estimate of drug-likeness (QED) is 0.114. The minimum absolute atomic E-state index is 0. The first-order valence-electron chi connectivity index (χ1n) is 20.6. The second-order valence-electron chi connectivity index (χ2n) is 19.7. The smallest absolute Gasteiger partial charge is 0.407 e. The highest BCUT2D eigenvalue weighted by Crippen LogP contribution is 2.37. The van der Waals surface area contributed by atoms with Crippen molar-refractivity contribution in [3.8, 4) is 0 Å². The number of benzene rings is 3. The van der Waals surface area contributed by atoms with Crippen molar-refractivity contribution in [1.29, 1.82) is 0 Å². The number of fused-ring (bicyclic) bond motifs is 2. The molecule has 2 unspecified atom stereocenters. The molecule has 0 fully saturated rings. The molecular weight excluding hydrogens is 737 g/mol. The lowest BCUT2D eigenvalue weighted by Gasteiger charge is -2.35. The van der Waals surface area contributed by atoms with Gasteiger partial charge in [0.1, 0.15) is 17.2 Å². The van der Waals surface area contributed by atoms with Crippen LogP contribution in [0.25, 0.3) is 0 Å². The number of aliphatic hydroxyl groups is 3. The molecule has 8 nitrogen and oxygen atoms in total. The van der Waals surface area contributed by atoms with Crippen molar-refractivity contribution < 1.29 is 33.6 Å². The lowest BCUT2D eigenvalue weighted by Crippen LogP contribution is -2.51. The van der Waals surface area contributed by atoms with Crippen molar-refractivity contribution in [2.45, 2.75) is 145 Å². The summed E-state index contributed by atoms with van der Waals surface area (Å²) in [5, 5.41) is 36.8. The van der Waals surface area contributed by atoms with Crippen LogP contribution < -0.4 is 16.4 Å². The highest BCUT2D eigenvalue weighted by Gasteiger charge is 2.32. The Bertz CT molecular complexity index is 1760. The Labute approximate surface area is 347 Å². The number of amides is 1. The fraction of sp³-hybridized carbons (Fsp3) is 0.604. The van der Waals surface area contributed by atoms with Gasteiger partial charge in [0, 0.05) is 49.7 Å². The molecule has 1 amide bonds. The molecule has 2 aliphatic rings. The van der Waals surface area contributed by atoms with Crippen molar-refractivity contribution in [3.05, 3.63) is 105 Å². The Morgan fingerprint density at radius 2 is 1.28 bits per heavy atom. The fourth-order valence-electron chi connectivity index (χ4n) is 8.12. The van der Waals surface area contributed by atoms with Crippen molar-refractivity contribution in [2.75, 3.05) is 19.8 Å². The molecule has 0 saturated carbocycles. The molecule has 0 aromatic heterocycles. The van der Waals surface area contributed by atoms with E-state index in [2.05, 4.69) is 88.6 Å². The van der Waals surface area contributed by atoms with Gasteiger partial charge in [0.15, 0.2) is 0 Å². The molecule has 0 saturated heterocycles. The number of nitrogens with one attached hydrogen (secondary N) is 2.